The maximum absolute atomic E-state index is 5.58. The Hall–Kier alpha value is -2.24. The molecule has 0 aliphatic carbocycles. The summed E-state index contributed by atoms with van der Waals surface area (Å²) in [4.78, 5) is 7.84. The maximum Gasteiger partial charge on any atom is 0.223 e. The molecule has 90 valence electrons. The van der Waals surface area contributed by atoms with E-state index in [2.05, 4.69) is 15.3 Å². The van der Waals surface area contributed by atoms with Crippen molar-refractivity contribution in [3.05, 3.63) is 29.7 Å². The van der Waals surface area contributed by atoms with E-state index in [1.54, 1.807) is 6.07 Å². The lowest BCUT2D eigenvalue weighted by Gasteiger charge is -2.12. The summed E-state index contributed by atoms with van der Waals surface area (Å²) in [7, 11) is 0. The topological polar surface area (TPSA) is 103 Å². The number of furan rings is 1. The molecule has 0 aromatic carbocycles. The van der Waals surface area contributed by atoms with Gasteiger partial charge in [0, 0.05) is 6.07 Å². The Balaban J connectivity index is 2.15. The molecule has 2 aromatic rings. The van der Waals surface area contributed by atoms with Crippen molar-refractivity contribution in [3.8, 4) is 0 Å². The van der Waals surface area contributed by atoms with Crippen molar-refractivity contribution < 1.29 is 4.42 Å². The van der Waals surface area contributed by atoms with Gasteiger partial charge in [-0.3, -0.25) is 0 Å². The minimum absolute atomic E-state index is 0.0163. The second-order valence-corrected chi connectivity index (χ2v) is 3.85. The molecular formula is C11H15N5O. The number of aromatic nitrogens is 2. The van der Waals surface area contributed by atoms with Gasteiger partial charge < -0.3 is 21.2 Å². The number of anilines is 3. The van der Waals surface area contributed by atoms with Crippen molar-refractivity contribution >= 4 is 17.6 Å². The first-order chi connectivity index (χ1) is 8.04. The fourth-order valence-electron chi connectivity index (χ4n) is 1.54. The second-order valence-electron chi connectivity index (χ2n) is 3.85. The van der Waals surface area contributed by atoms with E-state index < -0.39 is 0 Å². The van der Waals surface area contributed by atoms with Gasteiger partial charge in [-0.1, -0.05) is 0 Å². The van der Waals surface area contributed by atoms with Gasteiger partial charge in [0.2, 0.25) is 5.95 Å². The molecule has 2 aromatic heterocycles. The molecule has 0 radical (unpaired) electrons. The first kappa shape index (κ1) is 11.3. The molecule has 6 nitrogen and oxygen atoms in total. The van der Waals surface area contributed by atoms with Gasteiger partial charge >= 0.3 is 0 Å². The average Bonchev–Trinajstić information content (AvgIpc) is 2.63. The lowest BCUT2D eigenvalue weighted by atomic mass is 10.2. The lowest BCUT2D eigenvalue weighted by Crippen LogP contribution is -2.09. The molecule has 1 unspecified atom stereocenters. The minimum atomic E-state index is -0.0163. The molecule has 0 amide bonds. The van der Waals surface area contributed by atoms with Crippen molar-refractivity contribution in [3.63, 3.8) is 0 Å². The van der Waals surface area contributed by atoms with Gasteiger partial charge in [0.25, 0.3) is 0 Å². The summed E-state index contributed by atoms with van der Waals surface area (Å²) in [6.45, 7) is 3.86. The molecule has 6 heteroatoms. The van der Waals surface area contributed by atoms with Crippen molar-refractivity contribution in [2.24, 2.45) is 0 Å². The molecule has 1 atom stereocenters. The predicted molar refractivity (Wildman–Crippen MR) is 66.3 cm³/mol. The zero-order valence-electron chi connectivity index (χ0n) is 9.77. The summed E-state index contributed by atoms with van der Waals surface area (Å²) in [5, 5.41) is 3.15. The zero-order valence-corrected chi connectivity index (χ0v) is 9.77. The fourth-order valence-corrected chi connectivity index (χ4v) is 1.54. The number of nitrogens with zero attached hydrogens (tertiary/aromatic N) is 2. The van der Waals surface area contributed by atoms with Crippen LogP contribution in [0.4, 0.5) is 17.6 Å². The number of nitrogen functional groups attached to an aromatic ring is 2. The van der Waals surface area contributed by atoms with Gasteiger partial charge in [-0.05, 0) is 26.0 Å². The van der Waals surface area contributed by atoms with E-state index >= 15 is 0 Å². The normalized spacial score (nSPS) is 12.4. The van der Waals surface area contributed by atoms with Gasteiger partial charge in [-0.15, -0.1) is 0 Å². The van der Waals surface area contributed by atoms with E-state index in [1.165, 1.54) is 0 Å². The predicted octanol–water partition coefficient (Wildman–Crippen LogP) is 1.72. The van der Waals surface area contributed by atoms with E-state index in [-0.39, 0.29) is 12.0 Å². The molecule has 5 N–H and O–H groups in total. The number of nitrogens with one attached hydrogen (secondary N) is 1. The summed E-state index contributed by atoms with van der Waals surface area (Å²) in [6, 6.07) is 5.44. The fraction of sp³-hybridized carbons (Fsp3) is 0.273. The van der Waals surface area contributed by atoms with Crippen LogP contribution in [0.2, 0.25) is 0 Å². The molecule has 0 bridgehead atoms. The first-order valence-corrected chi connectivity index (χ1v) is 5.27. The van der Waals surface area contributed by atoms with Crippen molar-refractivity contribution in [2.75, 3.05) is 16.8 Å². The summed E-state index contributed by atoms with van der Waals surface area (Å²) in [5.74, 6) is 2.77. The molecular weight excluding hydrogens is 218 g/mol. The van der Waals surface area contributed by atoms with Crippen LogP contribution in [0.5, 0.6) is 0 Å². The highest BCUT2D eigenvalue weighted by Gasteiger charge is 2.10. The van der Waals surface area contributed by atoms with E-state index in [0.717, 1.165) is 11.5 Å². The SMILES string of the molecule is Cc1ccc(C(C)Nc2cc(N)nc(N)n2)o1. The van der Waals surface area contributed by atoms with Crippen molar-refractivity contribution in [1.29, 1.82) is 0 Å². The molecule has 2 heterocycles. The van der Waals surface area contributed by atoms with Gasteiger partial charge in [0.1, 0.15) is 23.2 Å². The number of nitrogens with two attached hydrogens (primary N) is 2. The van der Waals surface area contributed by atoms with Crippen LogP contribution in [0.25, 0.3) is 0 Å². The molecule has 17 heavy (non-hydrogen) atoms. The highest BCUT2D eigenvalue weighted by Crippen LogP contribution is 2.20. The number of rotatable bonds is 3. The molecule has 0 spiro atoms. The largest absolute Gasteiger partial charge is 0.464 e. The smallest absolute Gasteiger partial charge is 0.223 e. The summed E-state index contributed by atoms with van der Waals surface area (Å²) in [5.41, 5.74) is 11.1. The number of hydrogen-bond donors (Lipinski definition) is 3. The monoisotopic (exact) mass is 233 g/mol. The standard InChI is InChI=1S/C11H15N5O/c1-6-3-4-8(17-6)7(2)14-10-5-9(12)15-11(13)16-10/h3-5,7H,1-2H3,(H5,12,13,14,15,16). The molecule has 0 saturated heterocycles. The van der Waals surface area contributed by atoms with Crippen LogP contribution in [0.3, 0.4) is 0 Å². The first-order valence-electron chi connectivity index (χ1n) is 5.27. The van der Waals surface area contributed by atoms with Gasteiger partial charge in [-0.2, -0.15) is 9.97 Å². The van der Waals surface area contributed by atoms with Crippen molar-refractivity contribution in [1.82, 2.24) is 9.97 Å². The second kappa shape index (κ2) is 4.32. The number of hydrogen-bond acceptors (Lipinski definition) is 6. The van der Waals surface area contributed by atoms with Gasteiger partial charge in [-0.25, -0.2) is 0 Å². The Kier molecular flexibility index (Phi) is 2.86. The van der Waals surface area contributed by atoms with Crippen LogP contribution >= 0.6 is 0 Å². The summed E-state index contributed by atoms with van der Waals surface area (Å²) >= 11 is 0. The van der Waals surface area contributed by atoms with E-state index in [9.17, 15) is 0 Å². The van der Waals surface area contributed by atoms with E-state index in [0.29, 0.717) is 11.6 Å². The quantitative estimate of drug-likeness (QED) is 0.745. The van der Waals surface area contributed by atoms with Crippen LogP contribution < -0.4 is 16.8 Å². The van der Waals surface area contributed by atoms with Crippen LogP contribution in [-0.4, -0.2) is 9.97 Å². The van der Waals surface area contributed by atoms with Crippen LogP contribution in [0, 0.1) is 6.92 Å². The maximum atomic E-state index is 5.58. The summed E-state index contributed by atoms with van der Waals surface area (Å²) in [6.07, 6.45) is 0. The Bertz CT molecular complexity index is 502. The Morgan fingerprint density at radius 3 is 2.65 bits per heavy atom. The van der Waals surface area contributed by atoms with E-state index in [1.807, 2.05) is 26.0 Å². The molecule has 0 aliphatic heterocycles. The molecule has 0 aliphatic rings. The van der Waals surface area contributed by atoms with Crippen LogP contribution in [0.15, 0.2) is 22.6 Å². The third-order valence-electron chi connectivity index (χ3n) is 2.32. The summed E-state index contributed by atoms with van der Waals surface area (Å²) < 4.78 is 5.51. The Morgan fingerprint density at radius 1 is 1.29 bits per heavy atom. The van der Waals surface area contributed by atoms with Crippen LogP contribution in [0.1, 0.15) is 24.5 Å². The zero-order chi connectivity index (χ0) is 12.4. The lowest BCUT2D eigenvalue weighted by molar-refractivity contribution is 0.466. The minimum Gasteiger partial charge on any atom is -0.464 e. The molecule has 0 fully saturated rings. The Morgan fingerprint density at radius 2 is 2.06 bits per heavy atom. The molecule has 2 rings (SSSR count). The third-order valence-corrected chi connectivity index (χ3v) is 2.32. The van der Waals surface area contributed by atoms with E-state index in [4.69, 9.17) is 15.9 Å². The Labute approximate surface area is 99.0 Å². The number of aryl methyl sites for hydroxylation is 1. The average molecular weight is 233 g/mol. The van der Waals surface area contributed by atoms with Gasteiger partial charge in [0.15, 0.2) is 0 Å². The van der Waals surface area contributed by atoms with Gasteiger partial charge in [0.05, 0.1) is 6.04 Å². The third kappa shape index (κ3) is 2.66. The highest BCUT2D eigenvalue weighted by atomic mass is 16.3. The van der Waals surface area contributed by atoms with Crippen LogP contribution in [-0.2, 0) is 0 Å². The molecule has 0 saturated carbocycles. The highest BCUT2D eigenvalue weighted by molar-refractivity contribution is 5.49. The van der Waals surface area contributed by atoms with Crippen molar-refractivity contribution in [2.45, 2.75) is 19.9 Å².